The largest absolute Gasteiger partial charge is 0.493 e. The van der Waals surface area contributed by atoms with E-state index in [2.05, 4.69) is 17.3 Å². The van der Waals surface area contributed by atoms with E-state index in [1.165, 1.54) is 21.3 Å². The summed E-state index contributed by atoms with van der Waals surface area (Å²) in [5, 5.41) is 12.1. The number of terminal acetylenes is 1. The second-order valence-corrected chi connectivity index (χ2v) is 3.61. The van der Waals surface area contributed by atoms with Gasteiger partial charge in [0.25, 0.3) is 0 Å². The highest BCUT2D eigenvalue weighted by Gasteiger charge is 2.17. The second-order valence-electron chi connectivity index (χ2n) is 3.61. The Hall–Kier alpha value is -2.37. The third-order valence-electron chi connectivity index (χ3n) is 2.56. The van der Waals surface area contributed by atoms with E-state index in [4.69, 9.17) is 25.9 Å². The Morgan fingerprint density at radius 1 is 1.21 bits per heavy atom. The maximum Gasteiger partial charge on any atom is 0.203 e. The van der Waals surface area contributed by atoms with Crippen molar-refractivity contribution >= 4 is 0 Å². The molecule has 0 saturated carbocycles. The lowest BCUT2D eigenvalue weighted by atomic mass is 10.1. The van der Waals surface area contributed by atoms with Gasteiger partial charge in [0.05, 0.1) is 33.9 Å². The molecule has 0 aromatic heterocycles. The molecule has 1 rings (SSSR count). The summed E-state index contributed by atoms with van der Waals surface area (Å²) < 4.78 is 15.7. The molecule has 5 nitrogen and oxygen atoms in total. The van der Waals surface area contributed by atoms with Crippen molar-refractivity contribution < 1.29 is 14.2 Å². The number of methoxy groups -OCH3 is 3. The first-order valence-corrected chi connectivity index (χ1v) is 5.58. The van der Waals surface area contributed by atoms with Crippen LogP contribution in [0.1, 0.15) is 11.6 Å². The highest BCUT2D eigenvalue weighted by molar-refractivity contribution is 5.55. The fourth-order valence-electron chi connectivity index (χ4n) is 1.67. The lowest BCUT2D eigenvalue weighted by molar-refractivity contribution is 0.323. The van der Waals surface area contributed by atoms with Crippen LogP contribution in [0.5, 0.6) is 17.2 Å². The lowest BCUT2D eigenvalue weighted by Crippen LogP contribution is -2.20. The van der Waals surface area contributed by atoms with Gasteiger partial charge in [0.2, 0.25) is 5.75 Å². The molecule has 0 aliphatic carbocycles. The van der Waals surface area contributed by atoms with E-state index in [1.54, 1.807) is 12.1 Å². The molecule has 0 spiro atoms. The van der Waals surface area contributed by atoms with Gasteiger partial charge in [-0.3, -0.25) is 5.32 Å². The molecular formula is C14H16N2O3. The van der Waals surface area contributed by atoms with Crippen LogP contribution in [-0.4, -0.2) is 27.9 Å². The zero-order valence-corrected chi connectivity index (χ0v) is 11.2. The molecule has 0 fully saturated rings. The van der Waals surface area contributed by atoms with Gasteiger partial charge in [0.15, 0.2) is 11.5 Å². The van der Waals surface area contributed by atoms with Crippen molar-refractivity contribution in [1.29, 1.82) is 5.26 Å². The Bertz CT molecular complexity index is 489. The quantitative estimate of drug-likeness (QED) is 0.785. The van der Waals surface area contributed by atoms with Gasteiger partial charge >= 0.3 is 0 Å². The Morgan fingerprint density at radius 3 is 2.16 bits per heavy atom. The van der Waals surface area contributed by atoms with Crippen LogP contribution in [0.4, 0.5) is 0 Å². The number of nitrogens with one attached hydrogen (secondary N) is 1. The smallest absolute Gasteiger partial charge is 0.203 e. The van der Waals surface area contributed by atoms with Crippen molar-refractivity contribution in [3.05, 3.63) is 17.7 Å². The van der Waals surface area contributed by atoms with E-state index >= 15 is 0 Å². The van der Waals surface area contributed by atoms with E-state index in [-0.39, 0.29) is 0 Å². The van der Waals surface area contributed by atoms with Crippen molar-refractivity contribution in [2.75, 3.05) is 27.9 Å². The monoisotopic (exact) mass is 260 g/mol. The summed E-state index contributed by atoms with van der Waals surface area (Å²) in [6.45, 7) is 0.300. The fraction of sp³-hybridized carbons (Fsp3) is 0.357. The molecule has 100 valence electrons. The zero-order valence-electron chi connectivity index (χ0n) is 11.2. The van der Waals surface area contributed by atoms with Gasteiger partial charge in [-0.05, 0) is 17.7 Å². The van der Waals surface area contributed by atoms with E-state index in [9.17, 15) is 0 Å². The summed E-state index contributed by atoms with van der Waals surface area (Å²) in [7, 11) is 4.58. The lowest BCUT2D eigenvalue weighted by Gasteiger charge is -2.16. The molecule has 1 aromatic carbocycles. The molecule has 1 aromatic rings. The molecule has 0 saturated heterocycles. The summed E-state index contributed by atoms with van der Waals surface area (Å²) in [4.78, 5) is 0. The summed E-state index contributed by atoms with van der Waals surface area (Å²) in [6, 6.07) is 5.04. The Kier molecular flexibility index (Phi) is 5.53. The van der Waals surface area contributed by atoms with Crippen LogP contribution >= 0.6 is 0 Å². The third-order valence-corrected chi connectivity index (χ3v) is 2.56. The van der Waals surface area contributed by atoms with E-state index in [0.29, 0.717) is 29.4 Å². The van der Waals surface area contributed by atoms with Crippen LogP contribution < -0.4 is 19.5 Å². The van der Waals surface area contributed by atoms with Gasteiger partial charge in [-0.2, -0.15) is 5.26 Å². The minimum absolute atomic E-state index is 0.300. The van der Waals surface area contributed by atoms with E-state index < -0.39 is 6.04 Å². The summed E-state index contributed by atoms with van der Waals surface area (Å²) in [5.41, 5.74) is 0.701. The summed E-state index contributed by atoms with van der Waals surface area (Å²) >= 11 is 0. The topological polar surface area (TPSA) is 63.5 Å². The van der Waals surface area contributed by atoms with Gasteiger partial charge in [-0.15, -0.1) is 6.42 Å². The Morgan fingerprint density at radius 2 is 1.79 bits per heavy atom. The van der Waals surface area contributed by atoms with Gasteiger partial charge < -0.3 is 14.2 Å². The molecule has 1 unspecified atom stereocenters. The average molecular weight is 260 g/mol. The molecule has 0 amide bonds. The van der Waals surface area contributed by atoms with E-state index in [0.717, 1.165) is 0 Å². The first-order valence-electron chi connectivity index (χ1n) is 5.58. The van der Waals surface area contributed by atoms with Crippen molar-refractivity contribution in [3.63, 3.8) is 0 Å². The van der Waals surface area contributed by atoms with Crippen LogP contribution in [0.3, 0.4) is 0 Å². The number of benzene rings is 1. The minimum atomic E-state index is -0.537. The van der Waals surface area contributed by atoms with Gasteiger partial charge in [0, 0.05) is 0 Å². The van der Waals surface area contributed by atoms with Gasteiger partial charge in [-0.1, -0.05) is 5.92 Å². The highest BCUT2D eigenvalue weighted by Crippen LogP contribution is 2.39. The van der Waals surface area contributed by atoms with Gasteiger partial charge in [-0.25, -0.2) is 0 Å². The van der Waals surface area contributed by atoms with Crippen molar-refractivity contribution in [1.82, 2.24) is 5.32 Å². The van der Waals surface area contributed by atoms with Crippen molar-refractivity contribution in [3.8, 4) is 35.7 Å². The number of hydrogen-bond acceptors (Lipinski definition) is 5. The molecule has 0 bridgehead atoms. The first-order chi connectivity index (χ1) is 9.21. The highest BCUT2D eigenvalue weighted by atomic mass is 16.5. The molecule has 1 N–H and O–H groups in total. The van der Waals surface area contributed by atoms with Crippen LogP contribution in [-0.2, 0) is 0 Å². The van der Waals surface area contributed by atoms with Crippen LogP contribution in [0.2, 0.25) is 0 Å². The van der Waals surface area contributed by atoms with Crippen molar-refractivity contribution in [2.24, 2.45) is 0 Å². The van der Waals surface area contributed by atoms with Crippen LogP contribution in [0.15, 0.2) is 12.1 Å². The second kappa shape index (κ2) is 7.15. The van der Waals surface area contributed by atoms with Crippen LogP contribution in [0.25, 0.3) is 0 Å². The fourth-order valence-corrected chi connectivity index (χ4v) is 1.67. The predicted octanol–water partition coefficient (Wildman–Crippen LogP) is 1.50. The minimum Gasteiger partial charge on any atom is -0.493 e. The molecule has 0 aliphatic heterocycles. The standard InChI is InChI=1S/C14H16N2O3/c1-5-6-16-11(9-15)10-7-12(17-2)14(19-4)13(8-10)18-3/h1,7-8,11,16H,6H2,2-4H3. The first kappa shape index (κ1) is 14.7. The molecule has 0 aliphatic rings. The zero-order chi connectivity index (χ0) is 14.3. The molecular weight excluding hydrogens is 244 g/mol. The van der Waals surface area contributed by atoms with E-state index in [1.807, 2.05) is 0 Å². The third kappa shape index (κ3) is 3.31. The number of nitriles is 1. The maximum absolute atomic E-state index is 9.17. The molecule has 5 heteroatoms. The SMILES string of the molecule is C#CCNC(C#N)c1cc(OC)c(OC)c(OC)c1. The van der Waals surface area contributed by atoms with Gasteiger partial charge in [0.1, 0.15) is 6.04 Å². The predicted molar refractivity (Wildman–Crippen MR) is 71.3 cm³/mol. The molecule has 19 heavy (non-hydrogen) atoms. The summed E-state index contributed by atoms with van der Waals surface area (Å²) in [6.07, 6.45) is 5.18. The number of hydrogen-bond donors (Lipinski definition) is 1. The van der Waals surface area contributed by atoms with Crippen molar-refractivity contribution in [2.45, 2.75) is 6.04 Å². The van der Waals surface area contributed by atoms with Crippen LogP contribution in [0, 0.1) is 23.7 Å². The molecule has 0 radical (unpaired) electrons. The number of nitrogens with zero attached hydrogens (tertiary/aromatic N) is 1. The normalized spacial score (nSPS) is 11.0. The Labute approximate surface area is 113 Å². The Balaban J connectivity index is 3.22. The molecule has 1 atom stereocenters. The average Bonchev–Trinajstić information content (AvgIpc) is 2.46. The number of ether oxygens (including phenoxy) is 3. The summed E-state index contributed by atoms with van der Waals surface area (Å²) in [5.74, 6) is 3.92. The molecule has 0 heterocycles. The number of rotatable bonds is 6. The maximum atomic E-state index is 9.17.